The molecule has 0 radical (unpaired) electrons. The van der Waals surface area contributed by atoms with Crippen LogP contribution in [0.3, 0.4) is 0 Å². The number of nitrogens with two attached hydrogens (primary N) is 1. The highest BCUT2D eigenvalue weighted by Crippen LogP contribution is 2.33. The first-order valence-electron chi connectivity index (χ1n) is 5.34. The van der Waals surface area contributed by atoms with Crippen molar-refractivity contribution in [2.75, 3.05) is 7.11 Å². The number of benzene rings is 1. The van der Waals surface area contributed by atoms with Gasteiger partial charge in [-0.25, -0.2) is 8.78 Å². The zero-order chi connectivity index (χ0) is 13.1. The molecular weight excluding hydrogens is 238 g/mol. The number of methoxy groups -OCH3 is 1. The third-order valence-corrected chi connectivity index (χ3v) is 2.67. The Bertz CT molecular complexity index is 573. The number of ether oxygens (including phenoxy) is 1. The third-order valence-electron chi connectivity index (χ3n) is 2.67. The number of rotatable bonds is 3. The van der Waals surface area contributed by atoms with E-state index >= 15 is 0 Å². The molecule has 94 valence electrons. The van der Waals surface area contributed by atoms with E-state index in [0.717, 1.165) is 6.07 Å². The Hall–Kier alpha value is -2.01. The van der Waals surface area contributed by atoms with E-state index in [-0.39, 0.29) is 17.9 Å². The molecule has 0 bridgehead atoms. The van der Waals surface area contributed by atoms with Gasteiger partial charge in [0.05, 0.1) is 12.7 Å². The van der Waals surface area contributed by atoms with E-state index in [9.17, 15) is 8.78 Å². The maximum absolute atomic E-state index is 14.1. The zero-order valence-corrected chi connectivity index (χ0v) is 9.78. The van der Waals surface area contributed by atoms with Crippen LogP contribution in [0.15, 0.2) is 30.6 Å². The minimum Gasteiger partial charge on any atom is -0.494 e. The molecule has 0 amide bonds. The van der Waals surface area contributed by atoms with Crippen molar-refractivity contribution in [3.05, 3.63) is 47.8 Å². The van der Waals surface area contributed by atoms with Gasteiger partial charge in [0, 0.05) is 18.9 Å². The third kappa shape index (κ3) is 2.04. The minimum absolute atomic E-state index is 0.00816. The molecule has 2 aromatic rings. The lowest BCUT2D eigenvalue weighted by Gasteiger charge is -2.11. The van der Waals surface area contributed by atoms with Crippen LogP contribution in [0.4, 0.5) is 8.78 Å². The molecule has 0 unspecified atom stereocenters. The van der Waals surface area contributed by atoms with Crippen molar-refractivity contribution in [1.29, 1.82) is 0 Å². The summed E-state index contributed by atoms with van der Waals surface area (Å²) in [6.45, 7) is 0.152. The maximum atomic E-state index is 14.1. The van der Waals surface area contributed by atoms with Crippen LogP contribution in [0.1, 0.15) is 5.56 Å². The molecule has 0 atom stereocenters. The SMILES string of the molecule is COc1ccc(F)c(-c2ccncc2CN)c1F. The highest BCUT2D eigenvalue weighted by atomic mass is 19.1. The lowest BCUT2D eigenvalue weighted by atomic mass is 10.0. The summed E-state index contributed by atoms with van der Waals surface area (Å²) >= 11 is 0. The van der Waals surface area contributed by atoms with Crippen LogP contribution in [-0.4, -0.2) is 12.1 Å². The Balaban J connectivity index is 2.70. The van der Waals surface area contributed by atoms with Gasteiger partial charge in [-0.15, -0.1) is 0 Å². The van der Waals surface area contributed by atoms with Crippen LogP contribution in [0.5, 0.6) is 5.75 Å². The average molecular weight is 250 g/mol. The quantitative estimate of drug-likeness (QED) is 0.910. The number of hydrogen-bond donors (Lipinski definition) is 1. The number of halogens is 2. The van der Waals surface area contributed by atoms with Crippen LogP contribution < -0.4 is 10.5 Å². The largest absolute Gasteiger partial charge is 0.494 e. The monoisotopic (exact) mass is 250 g/mol. The van der Waals surface area contributed by atoms with Crippen LogP contribution in [0, 0.1) is 11.6 Å². The van der Waals surface area contributed by atoms with E-state index in [4.69, 9.17) is 10.5 Å². The molecule has 5 heteroatoms. The summed E-state index contributed by atoms with van der Waals surface area (Å²) in [7, 11) is 1.33. The summed E-state index contributed by atoms with van der Waals surface area (Å²) in [5, 5.41) is 0. The zero-order valence-electron chi connectivity index (χ0n) is 9.78. The first-order valence-corrected chi connectivity index (χ1v) is 5.34. The molecule has 0 aliphatic carbocycles. The molecule has 0 aliphatic rings. The van der Waals surface area contributed by atoms with E-state index in [1.54, 1.807) is 0 Å². The van der Waals surface area contributed by atoms with Crippen molar-refractivity contribution in [1.82, 2.24) is 4.98 Å². The highest BCUT2D eigenvalue weighted by Gasteiger charge is 2.18. The second kappa shape index (κ2) is 5.10. The summed E-state index contributed by atoms with van der Waals surface area (Å²) in [6.07, 6.45) is 2.96. The summed E-state index contributed by atoms with van der Waals surface area (Å²) in [5.41, 5.74) is 6.36. The van der Waals surface area contributed by atoms with Gasteiger partial charge in [-0.05, 0) is 29.3 Å². The molecular formula is C13H12F2N2O. The predicted molar refractivity (Wildman–Crippen MR) is 64.0 cm³/mol. The van der Waals surface area contributed by atoms with Crippen molar-refractivity contribution < 1.29 is 13.5 Å². The number of nitrogens with zero attached hydrogens (tertiary/aromatic N) is 1. The fourth-order valence-electron chi connectivity index (χ4n) is 1.77. The van der Waals surface area contributed by atoms with E-state index < -0.39 is 11.6 Å². The normalized spacial score (nSPS) is 10.4. The summed E-state index contributed by atoms with van der Waals surface area (Å²) in [6, 6.07) is 3.94. The Morgan fingerprint density at radius 1 is 1.28 bits per heavy atom. The van der Waals surface area contributed by atoms with Gasteiger partial charge in [-0.3, -0.25) is 4.98 Å². The number of aromatic nitrogens is 1. The average Bonchev–Trinajstić information content (AvgIpc) is 2.39. The molecule has 2 N–H and O–H groups in total. The van der Waals surface area contributed by atoms with E-state index in [1.807, 2.05) is 0 Å². The standard InChI is InChI=1S/C13H12F2N2O/c1-18-11-3-2-10(14)12(13(11)15)9-4-5-17-7-8(9)6-16/h2-5,7H,6,16H2,1H3. The molecule has 1 aromatic heterocycles. The lowest BCUT2D eigenvalue weighted by Crippen LogP contribution is -2.02. The first kappa shape index (κ1) is 12.4. The maximum Gasteiger partial charge on any atom is 0.175 e. The topological polar surface area (TPSA) is 48.1 Å². The molecule has 0 saturated carbocycles. The van der Waals surface area contributed by atoms with Gasteiger partial charge >= 0.3 is 0 Å². The summed E-state index contributed by atoms with van der Waals surface area (Å²) in [4.78, 5) is 3.89. The molecule has 0 aliphatic heterocycles. The summed E-state index contributed by atoms with van der Waals surface area (Å²) in [5.74, 6) is -1.40. The molecule has 2 rings (SSSR count). The molecule has 1 heterocycles. The smallest absolute Gasteiger partial charge is 0.175 e. The minimum atomic E-state index is -0.738. The van der Waals surface area contributed by atoms with Gasteiger partial charge in [0.2, 0.25) is 0 Å². The Morgan fingerprint density at radius 2 is 2.06 bits per heavy atom. The Labute approximate surface area is 103 Å². The molecule has 0 spiro atoms. The Kier molecular flexibility index (Phi) is 3.53. The fourth-order valence-corrected chi connectivity index (χ4v) is 1.77. The van der Waals surface area contributed by atoms with E-state index in [2.05, 4.69) is 4.98 Å². The van der Waals surface area contributed by atoms with Crippen LogP contribution >= 0.6 is 0 Å². The van der Waals surface area contributed by atoms with Gasteiger partial charge in [0.1, 0.15) is 5.82 Å². The second-order valence-electron chi connectivity index (χ2n) is 3.68. The van der Waals surface area contributed by atoms with Gasteiger partial charge in [-0.1, -0.05) is 0 Å². The first-order chi connectivity index (χ1) is 8.69. The van der Waals surface area contributed by atoms with Gasteiger partial charge in [0.25, 0.3) is 0 Å². The van der Waals surface area contributed by atoms with Crippen LogP contribution in [0.2, 0.25) is 0 Å². The van der Waals surface area contributed by atoms with Gasteiger partial charge in [-0.2, -0.15) is 0 Å². The molecule has 1 aromatic carbocycles. The van der Waals surface area contributed by atoms with Crippen molar-refractivity contribution in [2.45, 2.75) is 6.54 Å². The highest BCUT2D eigenvalue weighted by molar-refractivity contribution is 5.69. The number of pyridine rings is 1. The van der Waals surface area contributed by atoms with Crippen molar-refractivity contribution in [3.63, 3.8) is 0 Å². The molecule has 18 heavy (non-hydrogen) atoms. The fraction of sp³-hybridized carbons (Fsp3) is 0.154. The number of hydrogen-bond acceptors (Lipinski definition) is 3. The van der Waals surface area contributed by atoms with Crippen LogP contribution in [-0.2, 0) is 6.54 Å². The van der Waals surface area contributed by atoms with Gasteiger partial charge in [0.15, 0.2) is 11.6 Å². The Morgan fingerprint density at radius 3 is 2.72 bits per heavy atom. The van der Waals surface area contributed by atoms with Crippen molar-refractivity contribution in [2.24, 2.45) is 5.73 Å². The molecule has 0 saturated heterocycles. The second-order valence-corrected chi connectivity index (χ2v) is 3.68. The lowest BCUT2D eigenvalue weighted by molar-refractivity contribution is 0.385. The van der Waals surface area contributed by atoms with Crippen molar-refractivity contribution >= 4 is 0 Å². The van der Waals surface area contributed by atoms with Gasteiger partial charge < -0.3 is 10.5 Å². The predicted octanol–water partition coefficient (Wildman–Crippen LogP) is 2.49. The van der Waals surface area contributed by atoms with E-state index in [1.165, 1.54) is 31.6 Å². The van der Waals surface area contributed by atoms with Crippen molar-refractivity contribution in [3.8, 4) is 16.9 Å². The van der Waals surface area contributed by atoms with E-state index in [0.29, 0.717) is 11.1 Å². The molecule has 3 nitrogen and oxygen atoms in total. The molecule has 0 fully saturated rings. The summed E-state index contributed by atoms with van der Waals surface area (Å²) < 4.78 is 32.8. The van der Waals surface area contributed by atoms with Crippen LogP contribution in [0.25, 0.3) is 11.1 Å².